The molecule has 0 aliphatic carbocycles. The second-order valence-electron chi connectivity index (χ2n) is 24.0. The second-order valence-corrected chi connectivity index (χ2v) is 25.4. The van der Waals surface area contributed by atoms with E-state index in [1.807, 2.05) is 33.3 Å². The maximum Gasteiger partial charge on any atom is 0.306 e. The summed E-state index contributed by atoms with van der Waals surface area (Å²) in [6, 6.07) is -0.899. The van der Waals surface area contributed by atoms with Crippen molar-refractivity contribution >= 4 is 19.7 Å². The lowest BCUT2D eigenvalue weighted by Crippen LogP contribution is -2.47. The highest BCUT2D eigenvalue weighted by atomic mass is 31.2. The number of nitrogens with one attached hydrogen (secondary N) is 1. The van der Waals surface area contributed by atoms with Crippen LogP contribution in [-0.4, -0.2) is 69.4 Å². The van der Waals surface area contributed by atoms with Gasteiger partial charge in [0, 0.05) is 12.8 Å². The van der Waals surface area contributed by atoms with Gasteiger partial charge in [0.1, 0.15) is 19.3 Å². The Kier molecular flexibility index (Phi) is 58.2. The summed E-state index contributed by atoms with van der Waals surface area (Å²) in [7, 11) is 1.17. The van der Waals surface area contributed by atoms with E-state index in [0.717, 1.165) is 109 Å². The molecule has 0 bridgehead atoms. The molecule has 0 saturated carbocycles. The summed E-state index contributed by atoms with van der Waals surface area (Å²) in [5.41, 5.74) is 0. The van der Waals surface area contributed by atoms with Crippen LogP contribution in [0.2, 0.25) is 0 Å². The normalized spacial score (nSPS) is 14.1. The first-order chi connectivity index (χ1) is 39.4. The lowest BCUT2D eigenvalue weighted by Gasteiger charge is -2.30. The molecule has 0 aromatic rings. The first-order valence-electron chi connectivity index (χ1n) is 33.9. The van der Waals surface area contributed by atoms with Gasteiger partial charge in [0.05, 0.1) is 33.8 Å². The van der Waals surface area contributed by atoms with E-state index in [0.29, 0.717) is 17.4 Å². The van der Waals surface area contributed by atoms with Gasteiger partial charge in [-0.1, -0.05) is 267 Å². The van der Waals surface area contributed by atoms with Crippen LogP contribution in [0.1, 0.15) is 303 Å². The van der Waals surface area contributed by atoms with Crippen molar-refractivity contribution < 1.29 is 37.3 Å². The number of quaternary nitrogens is 1. The SMILES string of the molecule is CCCCC/C=C\C/C=C\C/C=C\C/C=C\CCCCCCCCCCCC(=O)OC(/C=C\CCCCCCCCCCCCC)C(COP(=O)([O-])OCC[N+](C)(C)C)NC(=O)CCCCCCCCC/C=C\C/C=C\CCCCC. The quantitative estimate of drug-likeness (QED) is 0.0212. The third-order valence-electron chi connectivity index (χ3n) is 14.8. The van der Waals surface area contributed by atoms with Crippen molar-refractivity contribution in [3.63, 3.8) is 0 Å². The summed E-state index contributed by atoms with van der Waals surface area (Å²) >= 11 is 0. The molecule has 10 heteroatoms. The Bertz CT molecular complexity index is 1660. The highest BCUT2D eigenvalue weighted by Crippen LogP contribution is 2.38. The zero-order chi connectivity index (χ0) is 59.3. The maximum absolute atomic E-state index is 13.6. The van der Waals surface area contributed by atoms with Crippen LogP contribution in [0.5, 0.6) is 0 Å². The molecule has 3 unspecified atom stereocenters. The summed E-state index contributed by atoms with van der Waals surface area (Å²) in [5, 5.41) is 3.03. The van der Waals surface area contributed by atoms with Gasteiger partial charge in [-0.05, 0) is 109 Å². The van der Waals surface area contributed by atoms with E-state index >= 15 is 0 Å². The first kappa shape index (κ1) is 78.2. The molecule has 1 N–H and O–H groups in total. The van der Waals surface area contributed by atoms with Gasteiger partial charge in [0.25, 0.3) is 7.82 Å². The predicted octanol–water partition coefficient (Wildman–Crippen LogP) is 20.7. The zero-order valence-corrected chi connectivity index (χ0v) is 54.6. The van der Waals surface area contributed by atoms with E-state index in [4.69, 9.17) is 13.8 Å². The van der Waals surface area contributed by atoms with Crippen molar-refractivity contribution in [3.8, 4) is 0 Å². The minimum atomic E-state index is -4.71. The minimum Gasteiger partial charge on any atom is -0.756 e. The van der Waals surface area contributed by atoms with Crippen molar-refractivity contribution in [1.82, 2.24) is 5.32 Å². The Morgan fingerprint density at radius 2 is 0.753 bits per heavy atom. The number of hydrogen-bond donors (Lipinski definition) is 1. The summed E-state index contributed by atoms with van der Waals surface area (Å²) < 4.78 is 30.4. The van der Waals surface area contributed by atoms with Crippen LogP contribution in [0, 0.1) is 0 Å². The number of esters is 1. The molecule has 0 radical (unpaired) electrons. The van der Waals surface area contributed by atoms with E-state index < -0.39 is 26.6 Å². The second kappa shape index (κ2) is 60.3. The van der Waals surface area contributed by atoms with Crippen molar-refractivity contribution in [2.75, 3.05) is 40.9 Å². The maximum atomic E-state index is 13.6. The third-order valence-corrected chi connectivity index (χ3v) is 15.8. The summed E-state index contributed by atoms with van der Waals surface area (Å²) in [5.74, 6) is -0.553. The van der Waals surface area contributed by atoms with Gasteiger partial charge in [0.2, 0.25) is 5.91 Å². The molecule has 0 fully saturated rings. The summed E-state index contributed by atoms with van der Waals surface area (Å²) in [6.45, 7) is 6.80. The number of likely N-dealkylation sites (N-methyl/N-ethyl adjacent to an activating group) is 1. The Morgan fingerprint density at radius 3 is 1.15 bits per heavy atom. The van der Waals surface area contributed by atoms with Gasteiger partial charge in [0.15, 0.2) is 0 Å². The Morgan fingerprint density at radius 1 is 0.432 bits per heavy atom. The zero-order valence-electron chi connectivity index (χ0n) is 53.7. The summed E-state index contributed by atoms with van der Waals surface area (Å²) in [4.78, 5) is 40.1. The summed E-state index contributed by atoms with van der Waals surface area (Å²) in [6.07, 6.45) is 79.7. The number of phosphoric acid groups is 1. The van der Waals surface area contributed by atoms with E-state index in [1.54, 1.807) is 0 Å². The van der Waals surface area contributed by atoms with Crippen LogP contribution < -0.4 is 10.2 Å². The molecule has 0 aromatic carbocycles. The van der Waals surface area contributed by atoms with Crippen LogP contribution in [0.4, 0.5) is 0 Å². The molecule has 3 atom stereocenters. The van der Waals surface area contributed by atoms with E-state index in [1.165, 1.54) is 161 Å². The Labute approximate surface area is 501 Å². The van der Waals surface area contributed by atoms with Crippen molar-refractivity contribution in [1.29, 1.82) is 0 Å². The molecular formula is C71H129N2O7P. The highest BCUT2D eigenvalue weighted by molar-refractivity contribution is 7.45. The number of carbonyl (C=O) groups excluding carboxylic acids is 2. The smallest absolute Gasteiger partial charge is 0.306 e. The largest absolute Gasteiger partial charge is 0.756 e. The fourth-order valence-corrected chi connectivity index (χ4v) is 10.3. The molecule has 0 aliphatic rings. The molecule has 0 spiro atoms. The lowest BCUT2D eigenvalue weighted by atomic mass is 10.0. The minimum absolute atomic E-state index is 0.0277. The molecule has 0 aromatic heterocycles. The molecule has 0 rings (SSSR count). The van der Waals surface area contributed by atoms with Crippen LogP contribution in [0.15, 0.2) is 85.1 Å². The number of carbonyl (C=O) groups is 2. The van der Waals surface area contributed by atoms with Gasteiger partial charge in [-0.2, -0.15) is 0 Å². The molecule has 9 nitrogen and oxygen atoms in total. The fourth-order valence-electron chi connectivity index (χ4n) is 9.54. The molecule has 0 heterocycles. The van der Waals surface area contributed by atoms with Crippen molar-refractivity contribution in [2.24, 2.45) is 0 Å². The van der Waals surface area contributed by atoms with Gasteiger partial charge >= 0.3 is 5.97 Å². The number of nitrogens with zero attached hydrogens (tertiary/aromatic N) is 1. The third kappa shape index (κ3) is 61.6. The molecule has 1 amide bonds. The van der Waals surface area contributed by atoms with E-state index in [9.17, 15) is 19.0 Å². The molecule has 470 valence electrons. The Hall–Kier alpha value is -2.81. The number of ether oxygens (including phenoxy) is 1. The van der Waals surface area contributed by atoms with Crippen molar-refractivity contribution in [2.45, 2.75) is 315 Å². The predicted molar refractivity (Wildman–Crippen MR) is 348 cm³/mol. The average Bonchev–Trinajstić information content (AvgIpc) is 3.44. The van der Waals surface area contributed by atoms with Crippen LogP contribution in [0.25, 0.3) is 0 Å². The molecule has 0 saturated heterocycles. The van der Waals surface area contributed by atoms with Crippen LogP contribution in [0.3, 0.4) is 0 Å². The van der Waals surface area contributed by atoms with Crippen molar-refractivity contribution in [3.05, 3.63) is 85.1 Å². The van der Waals surface area contributed by atoms with E-state index in [-0.39, 0.29) is 24.9 Å². The monoisotopic (exact) mass is 1150 g/mol. The fraction of sp³-hybridized carbons (Fsp3) is 0.775. The van der Waals surface area contributed by atoms with Gasteiger partial charge in [-0.3, -0.25) is 14.2 Å². The number of amides is 1. The molecule has 0 aliphatic heterocycles. The Balaban J connectivity index is 5.18. The first-order valence-corrected chi connectivity index (χ1v) is 35.4. The highest BCUT2D eigenvalue weighted by Gasteiger charge is 2.27. The lowest BCUT2D eigenvalue weighted by molar-refractivity contribution is -0.870. The van der Waals surface area contributed by atoms with Crippen LogP contribution in [-0.2, 0) is 27.9 Å². The molecule has 81 heavy (non-hydrogen) atoms. The topological polar surface area (TPSA) is 114 Å². The standard InChI is InChI=1S/C71H129N2O7P/c1-7-10-13-16-19-22-25-28-30-32-33-34-35-36-37-38-39-41-43-46-49-52-55-58-61-64-71(75)80-69(62-59-56-53-50-47-44-27-24-21-18-15-12-9-3)68(67-79-81(76,77)78-66-65-73(4,5)6)72-70(74)63-60-57-54-51-48-45-42-40-31-29-26-23-20-17-14-11-8-2/h19-20,22-23,28-31,33-34,36-37,59,62,68-69H,7-18,21,24-27,32,35,38-58,60-61,63-67H2,1-6H3,(H-,72,74,76,77)/b22-19-,23-20-,30-28-,31-29-,34-33-,37-36-,62-59-. The average molecular weight is 1150 g/mol. The van der Waals surface area contributed by atoms with Gasteiger partial charge in [-0.15, -0.1) is 0 Å². The van der Waals surface area contributed by atoms with E-state index in [2.05, 4.69) is 99.0 Å². The van der Waals surface area contributed by atoms with Gasteiger partial charge < -0.3 is 28.5 Å². The molecular weight excluding hydrogens is 1020 g/mol. The number of unbranched alkanes of at least 4 members (excludes halogenated alkanes) is 33. The number of allylic oxidation sites excluding steroid dienone is 13. The van der Waals surface area contributed by atoms with Gasteiger partial charge in [-0.25, -0.2) is 0 Å². The van der Waals surface area contributed by atoms with Crippen LogP contribution >= 0.6 is 7.82 Å². The number of hydrogen-bond acceptors (Lipinski definition) is 7. The number of rotatable bonds is 61. The number of phosphoric ester groups is 1.